The van der Waals surface area contributed by atoms with E-state index in [4.69, 9.17) is 0 Å². The number of H-pyrrole nitrogens is 1. The Bertz CT molecular complexity index is 426. The summed E-state index contributed by atoms with van der Waals surface area (Å²) in [7, 11) is -1.54. The lowest BCUT2D eigenvalue weighted by atomic mass is 10.3. The van der Waals surface area contributed by atoms with Crippen LogP contribution in [0.15, 0.2) is 6.20 Å². The van der Waals surface area contributed by atoms with Crippen LogP contribution in [0.25, 0.3) is 0 Å². The Morgan fingerprint density at radius 2 is 2.25 bits per heavy atom. The van der Waals surface area contributed by atoms with Crippen molar-refractivity contribution < 1.29 is 8.42 Å². The van der Waals surface area contributed by atoms with Crippen LogP contribution in [0, 0.1) is 6.92 Å². The number of hydrogen-bond donors (Lipinski definition) is 3. The summed E-state index contributed by atoms with van der Waals surface area (Å²) >= 11 is 0. The summed E-state index contributed by atoms with van der Waals surface area (Å²) in [5, 5.41) is 8.98. The van der Waals surface area contributed by atoms with Gasteiger partial charge in [-0.25, -0.2) is 13.1 Å². The highest BCUT2D eigenvalue weighted by molar-refractivity contribution is 7.90. The average molecular weight is 246 g/mol. The topological polar surface area (TPSA) is 86.9 Å². The molecule has 1 heterocycles. The third kappa shape index (κ3) is 3.29. The molecule has 0 aliphatic heterocycles. The predicted octanol–water partition coefficient (Wildman–Crippen LogP) is -0.255. The highest BCUT2D eigenvalue weighted by Gasteiger charge is 2.19. The van der Waals surface area contributed by atoms with Crippen molar-refractivity contribution in [2.24, 2.45) is 0 Å². The molecule has 1 unspecified atom stereocenters. The van der Waals surface area contributed by atoms with Crippen molar-refractivity contribution in [2.75, 3.05) is 13.6 Å². The fourth-order valence-corrected chi connectivity index (χ4v) is 2.30. The van der Waals surface area contributed by atoms with Gasteiger partial charge >= 0.3 is 0 Å². The number of rotatable bonds is 6. The second-order valence-electron chi connectivity index (χ2n) is 3.75. The molecule has 1 aromatic rings. The van der Waals surface area contributed by atoms with Gasteiger partial charge in [0.25, 0.3) is 0 Å². The second kappa shape index (κ2) is 5.42. The minimum absolute atomic E-state index is 0.277. The molecule has 0 saturated carbocycles. The van der Waals surface area contributed by atoms with Crippen molar-refractivity contribution in [3.05, 3.63) is 17.5 Å². The molecular weight excluding hydrogens is 228 g/mol. The van der Waals surface area contributed by atoms with Crippen molar-refractivity contribution in [1.82, 2.24) is 20.2 Å². The molecule has 0 aromatic carbocycles. The van der Waals surface area contributed by atoms with Gasteiger partial charge in [-0.2, -0.15) is 5.10 Å². The van der Waals surface area contributed by atoms with Crippen LogP contribution in [0.2, 0.25) is 0 Å². The number of aromatic amines is 1. The van der Waals surface area contributed by atoms with E-state index in [1.165, 1.54) is 0 Å². The van der Waals surface area contributed by atoms with Gasteiger partial charge in [0, 0.05) is 24.3 Å². The van der Waals surface area contributed by atoms with E-state index in [2.05, 4.69) is 20.2 Å². The number of nitrogens with one attached hydrogen (secondary N) is 3. The first-order chi connectivity index (χ1) is 7.47. The van der Waals surface area contributed by atoms with Gasteiger partial charge in [0.15, 0.2) is 0 Å². The molecule has 0 radical (unpaired) electrons. The van der Waals surface area contributed by atoms with Gasteiger partial charge in [0.1, 0.15) is 0 Å². The van der Waals surface area contributed by atoms with Crippen LogP contribution in [0.1, 0.15) is 18.2 Å². The standard InChI is InChI=1S/C9H18N4O2S/c1-7(4-10-3)16(14,15)12-6-9-5-11-13-8(9)2/h5,7,10,12H,4,6H2,1-3H3,(H,11,13). The maximum atomic E-state index is 11.7. The highest BCUT2D eigenvalue weighted by atomic mass is 32.2. The fourth-order valence-electron chi connectivity index (χ4n) is 1.27. The van der Waals surface area contributed by atoms with Crippen molar-refractivity contribution in [1.29, 1.82) is 0 Å². The monoisotopic (exact) mass is 246 g/mol. The number of aromatic nitrogens is 2. The highest BCUT2D eigenvalue weighted by Crippen LogP contribution is 2.04. The zero-order valence-corrected chi connectivity index (χ0v) is 10.6. The second-order valence-corrected chi connectivity index (χ2v) is 5.94. The molecule has 1 rings (SSSR count). The van der Waals surface area contributed by atoms with Gasteiger partial charge in [-0.05, 0) is 20.9 Å². The van der Waals surface area contributed by atoms with E-state index < -0.39 is 15.3 Å². The molecule has 92 valence electrons. The molecular formula is C9H18N4O2S. The lowest BCUT2D eigenvalue weighted by Gasteiger charge is -2.12. The summed E-state index contributed by atoms with van der Waals surface area (Å²) in [5.74, 6) is 0. The summed E-state index contributed by atoms with van der Waals surface area (Å²) in [6, 6.07) is 0. The van der Waals surface area contributed by atoms with E-state index in [-0.39, 0.29) is 6.54 Å². The molecule has 7 heteroatoms. The quantitative estimate of drug-likeness (QED) is 0.646. The van der Waals surface area contributed by atoms with Crippen LogP contribution in [0.3, 0.4) is 0 Å². The van der Waals surface area contributed by atoms with Gasteiger partial charge in [0.2, 0.25) is 10.0 Å². The maximum absolute atomic E-state index is 11.7. The van der Waals surface area contributed by atoms with Gasteiger partial charge in [-0.15, -0.1) is 0 Å². The van der Waals surface area contributed by atoms with Gasteiger partial charge < -0.3 is 5.32 Å². The fraction of sp³-hybridized carbons (Fsp3) is 0.667. The lowest BCUT2D eigenvalue weighted by molar-refractivity contribution is 0.563. The minimum Gasteiger partial charge on any atom is -0.318 e. The van der Waals surface area contributed by atoms with E-state index in [1.807, 2.05) is 6.92 Å². The molecule has 0 bridgehead atoms. The molecule has 0 aliphatic rings. The molecule has 16 heavy (non-hydrogen) atoms. The van der Waals surface area contributed by atoms with Crippen LogP contribution in [0.4, 0.5) is 0 Å². The zero-order valence-electron chi connectivity index (χ0n) is 9.74. The summed E-state index contributed by atoms with van der Waals surface area (Å²) in [5.41, 5.74) is 1.74. The van der Waals surface area contributed by atoms with Gasteiger partial charge in [-0.3, -0.25) is 5.10 Å². The summed E-state index contributed by atoms with van der Waals surface area (Å²) in [6.45, 7) is 4.23. The molecule has 0 amide bonds. The van der Waals surface area contributed by atoms with Crippen molar-refractivity contribution in [2.45, 2.75) is 25.6 Å². The Labute approximate surface area is 95.9 Å². The Morgan fingerprint density at radius 3 is 2.75 bits per heavy atom. The summed E-state index contributed by atoms with van der Waals surface area (Å²) in [6.07, 6.45) is 1.63. The van der Waals surface area contributed by atoms with Crippen molar-refractivity contribution in [3.63, 3.8) is 0 Å². The third-order valence-electron chi connectivity index (χ3n) is 2.42. The van der Waals surface area contributed by atoms with E-state index in [9.17, 15) is 8.42 Å². The van der Waals surface area contributed by atoms with Crippen LogP contribution in [0.5, 0.6) is 0 Å². The molecule has 0 spiro atoms. The summed E-state index contributed by atoms with van der Waals surface area (Å²) in [4.78, 5) is 0. The molecule has 0 saturated heterocycles. The first-order valence-electron chi connectivity index (χ1n) is 5.09. The molecule has 6 nitrogen and oxygen atoms in total. The van der Waals surface area contributed by atoms with Crippen molar-refractivity contribution >= 4 is 10.0 Å². The van der Waals surface area contributed by atoms with Gasteiger partial charge in [0.05, 0.1) is 11.4 Å². The van der Waals surface area contributed by atoms with Gasteiger partial charge in [-0.1, -0.05) is 0 Å². The number of sulfonamides is 1. The predicted molar refractivity (Wildman–Crippen MR) is 62.5 cm³/mol. The Balaban J connectivity index is 2.58. The molecule has 0 aliphatic carbocycles. The number of nitrogens with zero attached hydrogens (tertiary/aromatic N) is 1. The van der Waals surface area contributed by atoms with Crippen LogP contribution in [-0.2, 0) is 16.6 Å². The largest absolute Gasteiger partial charge is 0.318 e. The van der Waals surface area contributed by atoms with E-state index in [1.54, 1.807) is 20.2 Å². The Hall–Kier alpha value is -0.920. The lowest BCUT2D eigenvalue weighted by Crippen LogP contribution is -2.37. The number of hydrogen-bond acceptors (Lipinski definition) is 4. The van der Waals surface area contributed by atoms with Crippen LogP contribution in [-0.4, -0.2) is 37.5 Å². The zero-order chi connectivity index (χ0) is 12.2. The maximum Gasteiger partial charge on any atom is 0.215 e. The molecule has 1 atom stereocenters. The van der Waals surface area contributed by atoms with E-state index >= 15 is 0 Å². The summed E-state index contributed by atoms with van der Waals surface area (Å²) < 4.78 is 26.0. The molecule has 3 N–H and O–H groups in total. The smallest absolute Gasteiger partial charge is 0.215 e. The van der Waals surface area contributed by atoms with Crippen LogP contribution >= 0.6 is 0 Å². The van der Waals surface area contributed by atoms with E-state index in [0.717, 1.165) is 11.3 Å². The number of aryl methyl sites for hydroxylation is 1. The van der Waals surface area contributed by atoms with Crippen LogP contribution < -0.4 is 10.0 Å². The van der Waals surface area contributed by atoms with E-state index in [0.29, 0.717) is 6.54 Å². The minimum atomic E-state index is -3.27. The normalized spacial score (nSPS) is 13.9. The first-order valence-corrected chi connectivity index (χ1v) is 6.64. The molecule has 1 aromatic heterocycles. The molecule has 0 fully saturated rings. The SMILES string of the molecule is CNCC(C)S(=O)(=O)NCc1cn[nH]c1C. The Kier molecular flexibility index (Phi) is 4.45. The average Bonchev–Trinajstić information content (AvgIpc) is 2.61. The van der Waals surface area contributed by atoms with Crippen molar-refractivity contribution in [3.8, 4) is 0 Å². The first kappa shape index (κ1) is 13.1. The third-order valence-corrected chi connectivity index (χ3v) is 4.19. The Morgan fingerprint density at radius 1 is 1.56 bits per heavy atom.